The minimum absolute atomic E-state index is 0.0540. The minimum atomic E-state index is -1.07. The predicted molar refractivity (Wildman–Crippen MR) is 152 cm³/mol. The summed E-state index contributed by atoms with van der Waals surface area (Å²) < 4.78 is 16.4. The van der Waals surface area contributed by atoms with Gasteiger partial charge in [-0.3, -0.25) is 14.4 Å². The molecule has 5 rings (SSSR count). The first kappa shape index (κ1) is 27.3. The number of anilines is 1. The molecule has 1 heterocycles. The van der Waals surface area contributed by atoms with E-state index in [0.29, 0.717) is 28.5 Å². The van der Waals surface area contributed by atoms with Crippen LogP contribution in [0.15, 0.2) is 84.9 Å². The van der Waals surface area contributed by atoms with Crippen molar-refractivity contribution in [2.45, 2.75) is 26.9 Å². The second-order valence-electron chi connectivity index (χ2n) is 9.69. The lowest BCUT2D eigenvalue weighted by Crippen LogP contribution is -2.29. The van der Waals surface area contributed by atoms with Gasteiger partial charge < -0.3 is 14.2 Å². The minimum Gasteiger partial charge on any atom is -0.497 e. The van der Waals surface area contributed by atoms with Crippen LogP contribution in [0, 0.1) is 13.8 Å². The zero-order valence-corrected chi connectivity index (χ0v) is 23.0. The molecule has 0 N–H and O–H groups in total. The van der Waals surface area contributed by atoms with E-state index in [2.05, 4.69) is 0 Å². The van der Waals surface area contributed by atoms with Gasteiger partial charge >= 0.3 is 5.97 Å². The number of imide groups is 1. The van der Waals surface area contributed by atoms with Gasteiger partial charge in [-0.05, 0) is 111 Å². The number of ether oxygens (including phenoxy) is 3. The highest BCUT2D eigenvalue weighted by atomic mass is 16.5. The molecule has 0 radical (unpaired) electrons. The fraction of sp³-hybridized carbons (Fsp3) is 0.152. The largest absolute Gasteiger partial charge is 0.497 e. The van der Waals surface area contributed by atoms with Crippen LogP contribution in [0.1, 0.15) is 59.5 Å². The van der Waals surface area contributed by atoms with Crippen LogP contribution >= 0.6 is 0 Å². The van der Waals surface area contributed by atoms with Crippen LogP contribution in [0.5, 0.6) is 17.2 Å². The van der Waals surface area contributed by atoms with E-state index in [9.17, 15) is 19.2 Å². The Labute approximate surface area is 237 Å². The summed E-state index contributed by atoms with van der Waals surface area (Å²) >= 11 is 0. The number of carbonyl (C=O) groups excluding carboxylic acids is 4. The van der Waals surface area contributed by atoms with E-state index in [-0.39, 0.29) is 22.5 Å². The van der Waals surface area contributed by atoms with Crippen LogP contribution in [-0.4, -0.2) is 36.8 Å². The van der Waals surface area contributed by atoms with Gasteiger partial charge in [0, 0.05) is 5.56 Å². The molecule has 1 aliphatic rings. The Balaban J connectivity index is 1.28. The monoisotopic (exact) mass is 549 g/mol. The van der Waals surface area contributed by atoms with Gasteiger partial charge in [0.15, 0.2) is 6.10 Å². The third-order valence-electron chi connectivity index (χ3n) is 6.96. The van der Waals surface area contributed by atoms with Gasteiger partial charge in [-0.1, -0.05) is 6.07 Å². The average molecular weight is 550 g/mol. The Morgan fingerprint density at radius 2 is 1.29 bits per heavy atom. The van der Waals surface area contributed by atoms with Gasteiger partial charge in [-0.15, -0.1) is 0 Å². The van der Waals surface area contributed by atoms with Crippen molar-refractivity contribution in [2.24, 2.45) is 0 Å². The van der Waals surface area contributed by atoms with E-state index >= 15 is 0 Å². The first-order valence-electron chi connectivity index (χ1n) is 12.9. The lowest BCUT2D eigenvalue weighted by Gasteiger charge is -2.15. The number of ketones is 1. The van der Waals surface area contributed by atoms with Gasteiger partial charge in [0.05, 0.1) is 29.5 Å². The molecule has 0 fully saturated rings. The van der Waals surface area contributed by atoms with Crippen molar-refractivity contribution >= 4 is 29.3 Å². The number of Topliss-reactive ketones (excluding diaryl/α,β-unsaturated/α-hetero) is 1. The van der Waals surface area contributed by atoms with Gasteiger partial charge in [0.25, 0.3) is 11.8 Å². The maximum Gasteiger partial charge on any atom is 0.338 e. The number of nitrogens with zero attached hydrogens (tertiary/aromatic N) is 1. The molecular weight excluding hydrogens is 522 g/mol. The number of carbonyl (C=O) groups is 4. The van der Waals surface area contributed by atoms with Crippen LogP contribution in [0.2, 0.25) is 0 Å². The summed E-state index contributed by atoms with van der Waals surface area (Å²) in [5.41, 5.74) is 3.29. The summed E-state index contributed by atoms with van der Waals surface area (Å²) in [6, 6.07) is 23.0. The molecule has 206 valence electrons. The van der Waals surface area contributed by atoms with Crippen molar-refractivity contribution in [2.75, 3.05) is 12.0 Å². The molecule has 4 aromatic carbocycles. The number of benzene rings is 4. The van der Waals surface area contributed by atoms with E-state index < -0.39 is 23.9 Å². The Morgan fingerprint density at radius 1 is 0.683 bits per heavy atom. The standard InChI is InChI=1S/C33H27NO7/c1-19-5-11-27(17-20(19)2)41-26-14-9-24(10-15-26)34-31(36)28-16-8-23(18-29(28)32(34)37)33(38)40-21(3)30(35)22-6-12-25(39-4)13-7-22/h5-18,21H,1-4H3. The maximum atomic E-state index is 13.3. The average Bonchev–Trinajstić information content (AvgIpc) is 3.23. The second-order valence-corrected chi connectivity index (χ2v) is 9.69. The zero-order valence-electron chi connectivity index (χ0n) is 23.0. The molecule has 2 amide bonds. The summed E-state index contributed by atoms with van der Waals surface area (Å²) in [5.74, 6) is -0.406. The summed E-state index contributed by atoms with van der Waals surface area (Å²) in [6.07, 6.45) is -1.07. The number of hydrogen-bond donors (Lipinski definition) is 0. The van der Waals surface area contributed by atoms with Crippen LogP contribution in [0.25, 0.3) is 0 Å². The number of amides is 2. The van der Waals surface area contributed by atoms with E-state index in [1.165, 1.54) is 32.2 Å². The van der Waals surface area contributed by atoms with Crippen molar-refractivity contribution in [1.82, 2.24) is 0 Å². The number of rotatable bonds is 8. The molecule has 8 nitrogen and oxygen atoms in total. The first-order chi connectivity index (χ1) is 19.7. The number of aryl methyl sites for hydroxylation is 2. The summed E-state index contributed by atoms with van der Waals surface area (Å²) in [4.78, 5) is 53.0. The molecule has 0 saturated carbocycles. The van der Waals surface area contributed by atoms with E-state index in [4.69, 9.17) is 14.2 Å². The van der Waals surface area contributed by atoms with Crippen LogP contribution < -0.4 is 14.4 Å². The van der Waals surface area contributed by atoms with Crippen LogP contribution in [-0.2, 0) is 4.74 Å². The second kappa shape index (κ2) is 11.1. The fourth-order valence-corrected chi connectivity index (χ4v) is 4.45. The third kappa shape index (κ3) is 5.45. The highest BCUT2D eigenvalue weighted by molar-refractivity contribution is 6.34. The lowest BCUT2D eigenvalue weighted by molar-refractivity contribution is 0.0318. The predicted octanol–water partition coefficient (Wildman–Crippen LogP) is 6.33. The molecule has 0 spiro atoms. The van der Waals surface area contributed by atoms with Crippen molar-refractivity contribution in [3.63, 3.8) is 0 Å². The van der Waals surface area contributed by atoms with Crippen molar-refractivity contribution in [3.05, 3.63) is 118 Å². The topological polar surface area (TPSA) is 99.2 Å². The van der Waals surface area contributed by atoms with E-state index in [0.717, 1.165) is 16.0 Å². The van der Waals surface area contributed by atoms with E-state index in [1.54, 1.807) is 48.5 Å². The Bertz CT molecular complexity index is 1670. The highest BCUT2D eigenvalue weighted by Crippen LogP contribution is 2.32. The maximum absolute atomic E-state index is 13.3. The third-order valence-corrected chi connectivity index (χ3v) is 6.96. The molecule has 41 heavy (non-hydrogen) atoms. The number of methoxy groups -OCH3 is 1. The number of hydrogen-bond acceptors (Lipinski definition) is 7. The van der Waals surface area contributed by atoms with Crippen molar-refractivity contribution < 1.29 is 33.4 Å². The molecular formula is C33H27NO7. The molecule has 8 heteroatoms. The van der Waals surface area contributed by atoms with Crippen LogP contribution in [0.3, 0.4) is 0 Å². The summed E-state index contributed by atoms with van der Waals surface area (Å²) in [5, 5.41) is 0. The fourth-order valence-electron chi connectivity index (χ4n) is 4.45. The molecule has 0 bridgehead atoms. The molecule has 1 unspecified atom stereocenters. The van der Waals surface area contributed by atoms with Crippen molar-refractivity contribution in [1.29, 1.82) is 0 Å². The molecule has 1 atom stereocenters. The zero-order chi connectivity index (χ0) is 29.3. The Morgan fingerprint density at radius 3 is 1.95 bits per heavy atom. The van der Waals surface area contributed by atoms with Crippen molar-refractivity contribution in [3.8, 4) is 17.2 Å². The number of fused-ring (bicyclic) bond motifs is 1. The summed E-state index contributed by atoms with van der Waals surface area (Å²) in [7, 11) is 1.52. The van der Waals surface area contributed by atoms with Gasteiger partial charge in [-0.2, -0.15) is 0 Å². The molecule has 0 aliphatic carbocycles. The number of esters is 1. The normalized spacial score (nSPS) is 13.0. The molecule has 0 saturated heterocycles. The van der Waals surface area contributed by atoms with Gasteiger partial charge in [0.1, 0.15) is 17.2 Å². The SMILES string of the molecule is COc1ccc(C(=O)C(C)OC(=O)c2ccc3c(c2)C(=O)N(c2ccc(Oc4ccc(C)c(C)c4)cc2)C3=O)cc1. The first-order valence-corrected chi connectivity index (χ1v) is 12.9. The highest BCUT2D eigenvalue weighted by Gasteiger charge is 2.37. The van der Waals surface area contributed by atoms with E-state index in [1.807, 2.05) is 32.0 Å². The molecule has 4 aromatic rings. The molecule has 1 aliphatic heterocycles. The van der Waals surface area contributed by atoms with Crippen LogP contribution in [0.4, 0.5) is 5.69 Å². The quantitative estimate of drug-likeness (QED) is 0.144. The smallest absolute Gasteiger partial charge is 0.338 e. The Kier molecular flexibility index (Phi) is 7.40. The van der Waals surface area contributed by atoms with Gasteiger partial charge in [0.2, 0.25) is 5.78 Å². The lowest BCUT2D eigenvalue weighted by atomic mass is 10.1. The molecule has 0 aromatic heterocycles. The Hall–Kier alpha value is -5.24. The van der Waals surface area contributed by atoms with Gasteiger partial charge in [-0.25, -0.2) is 9.69 Å². The summed E-state index contributed by atoms with van der Waals surface area (Å²) in [6.45, 7) is 5.50.